The molecule has 3 nitrogen and oxygen atoms in total. The summed E-state index contributed by atoms with van der Waals surface area (Å²) in [7, 11) is 0. The molecule has 0 radical (unpaired) electrons. The van der Waals surface area contributed by atoms with Crippen molar-refractivity contribution in [3.05, 3.63) is 42.0 Å². The van der Waals surface area contributed by atoms with Crippen molar-refractivity contribution in [2.24, 2.45) is 11.8 Å². The molecule has 25 heavy (non-hydrogen) atoms. The number of hydrogen-bond acceptors (Lipinski definition) is 3. The molecule has 0 aliphatic heterocycles. The highest BCUT2D eigenvalue weighted by molar-refractivity contribution is 5.66. The van der Waals surface area contributed by atoms with Crippen molar-refractivity contribution in [3.8, 4) is 11.1 Å². The summed E-state index contributed by atoms with van der Waals surface area (Å²) in [5, 5.41) is 9.53. The zero-order chi connectivity index (χ0) is 16.6. The first-order chi connectivity index (χ1) is 12.4. The Morgan fingerprint density at radius 1 is 0.800 bits per heavy atom. The molecule has 3 aliphatic rings. The van der Waals surface area contributed by atoms with E-state index in [1.165, 1.54) is 80.3 Å². The van der Waals surface area contributed by atoms with Crippen LogP contribution in [-0.2, 0) is 0 Å². The van der Waals surface area contributed by atoms with E-state index in [0.717, 1.165) is 11.8 Å². The second-order valence-corrected chi connectivity index (χ2v) is 8.32. The Hall–Kier alpha value is -1.77. The molecule has 3 unspecified atom stereocenters. The standard InChI is InChI=1S/C22H27N3/c1-2-6-18-15(4-1)5-3-7-19(18)22-20(16-10-12-23-13-11-16)14-21(24-25-22)17-8-9-17/h10-15,17-19H,1-9H2. The zero-order valence-corrected chi connectivity index (χ0v) is 14.9. The highest BCUT2D eigenvalue weighted by Crippen LogP contribution is 2.50. The largest absolute Gasteiger partial charge is 0.265 e. The Kier molecular flexibility index (Phi) is 4.03. The number of hydrogen-bond donors (Lipinski definition) is 0. The number of nitrogens with zero attached hydrogens (tertiary/aromatic N) is 3. The first kappa shape index (κ1) is 15.5. The summed E-state index contributed by atoms with van der Waals surface area (Å²) in [5.74, 6) is 2.99. The van der Waals surface area contributed by atoms with Gasteiger partial charge in [-0.2, -0.15) is 10.2 Å². The Labute approximate surface area is 150 Å². The van der Waals surface area contributed by atoms with E-state index in [9.17, 15) is 0 Å². The summed E-state index contributed by atoms with van der Waals surface area (Å²) < 4.78 is 0. The number of fused-ring (bicyclic) bond motifs is 1. The van der Waals surface area contributed by atoms with Gasteiger partial charge in [-0.1, -0.05) is 32.1 Å². The van der Waals surface area contributed by atoms with Crippen molar-refractivity contribution in [2.45, 2.75) is 69.6 Å². The predicted octanol–water partition coefficient (Wildman–Crippen LogP) is 5.49. The van der Waals surface area contributed by atoms with E-state index in [4.69, 9.17) is 5.10 Å². The molecule has 3 aliphatic carbocycles. The summed E-state index contributed by atoms with van der Waals surface area (Å²) in [5.41, 5.74) is 5.06. The number of aromatic nitrogens is 3. The van der Waals surface area contributed by atoms with Crippen molar-refractivity contribution in [1.29, 1.82) is 0 Å². The van der Waals surface area contributed by atoms with Gasteiger partial charge in [0.25, 0.3) is 0 Å². The Morgan fingerprint density at radius 3 is 2.44 bits per heavy atom. The lowest BCUT2D eigenvalue weighted by Gasteiger charge is -2.41. The van der Waals surface area contributed by atoms with Crippen LogP contribution >= 0.6 is 0 Å². The van der Waals surface area contributed by atoms with E-state index in [2.05, 4.69) is 28.3 Å². The Morgan fingerprint density at radius 2 is 1.60 bits per heavy atom. The van der Waals surface area contributed by atoms with E-state index in [1.807, 2.05) is 12.4 Å². The minimum atomic E-state index is 0.600. The van der Waals surface area contributed by atoms with Crippen LogP contribution in [0.5, 0.6) is 0 Å². The maximum absolute atomic E-state index is 4.86. The molecule has 3 saturated carbocycles. The highest BCUT2D eigenvalue weighted by atomic mass is 15.1. The second-order valence-electron chi connectivity index (χ2n) is 8.32. The Bertz CT molecular complexity index is 736. The molecule has 2 aromatic heterocycles. The number of rotatable bonds is 3. The summed E-state index contributed by atoms with van der Waals surface area (Å²) in [6.07, 6.45) is 16.1. The molecule has 5 rings (SSSR count). The van der Waals surface area contributed by atoms with Crippen LogP contribution in [0.2, 0.25) is 0 Å². The summed E-state index contributed by atoms with van der Waals surface area (Å²) in [6, 6.07) is 6.62. The molecule has 3 atom stereocenters. The van der Waals surface area contributed by atoms with Gasteiger partial charge in [-0.15, -0.1) is 0 Å². The van der Waals surface area contributed by atoms with Crippen LogP contribution < -0.4 is 0 Å². The monoisotopic (exact) mass is 333 g/mol. The fraction of sp³-hybridized carbons (Fsp3) is 0.591. The third-order valence-electron chi connectivity index (χ3n) is 6.75. The highest BCUT2D eigenvalue weighted by Gasteiger charge is 2.38. The molecule has 0 N–H and O–H groups in total. The maximum atomic E-state index is 4.86. The van der Waals surface area contributed by atoms with Gasteiger partial charge < -0.3 is 0 Å². The van der Waals surface area contributed by atoms with Gasteiger partial charge in [0.1, 0.15) is 0 Å². The lowest BCUT2D eigenvalue weighted by Crippen LogP contribution is -2.30. The molecule has 0 amide bonds. The molecule has 0 aromatic carbocycles. The molecule has 2 heterocycles. The topological polar surface area (TPSA) is 38.7 Å². The van der Waals surface area contributed by atoms with Gasteiger partial charge in [0.2, 0.25) is 0 Å². The summed E-state index contributed by atoms with van der Waals surface area (Å²) in [6.45, 7) is 0. The van der Waals surface area contributed by atoms with Crippen molar-refractivity contribution >= 4 is 0 Å². The van der Waals surface area contributed by atoms with Crippen molar-refractivity contribution in [3.63, 3.8) is 0 Å². The quantitative estimate of drug-likeness (QED) is 0.745. The molecule has 0 spiro atoms. The van der Waals surface area contributed by atoms with Crippen molar-refractivity contribution < 1.29 is 0 Å². The molecular weight excluding hydrogens is 306 g/mol. The van der Waals surface area contributed by atoms with Gasteiger partial charge >= 0.3 is 0 Å². The van der Waals surface area contributed by atoms with Crippen LogP contribution in [0, 0.1) is 11.8 Å². The molecule has 3 fully saturated rings. The van der Waals surface area contributed by atoms with Gasteiger partial charge in [0, 0.05) is 29.8 Å². The van der Waals surface area contributed by atoms with Crippen LogP contribution in [0.1, 0.15) is 81.0 Å². The molecular formula is C22H27N3. The SMILES string of the molecule is c1cc(-c2cc(C3CC3)nnc2C2CCCC3CCCCC32)ccn1. The average molecular weight is 333 g/mol. The molecule has 2 aromatic rings. The van der Waals surface area contributed by atoms with Crippen LogP contribution in [0.25, 0.3) is 11.1 Å². The first-order valence-corrected chi connectivity index (χ1v) is 10.2. The maximum Gasteiger partial charge on any atom is 0.0743 e. The van der Waals surface area contributed by atoms with Crippen LogP contribution in [-0.4, -0.2) is 15.2 Å². The van der Waals surface area contributed by atoms with E-state index in [-0.39, 0.29) is 0 Å². The number of pyridine rings is 1. The van der Waals surface area contributed by atoms with Crippen molar-refractivity contribution in [1.82, 2.24) is 15.2 Å². The molecule has 0 bridgehead atoms. The van der Waals surface area contributed by atoms with Gasteiger partial charge in [-0.05, 0) is 61.3 Å². The average Bonchev–Trinajstić information content (AvgIpc) is 3.53. The zero-order valence-electron chi connectivity index (χ0n) is 14.9. The third kappa shape index (κ3) is 2.98. The van der Waals surface area contributed by atoms with Gasteiger partial charge in [-0.3, -0.25) is 4.98 Å². The molecule has 0 saturated heterocycles. The van der Waals surface area contributed by atoms with E-state index in [0.29, 0.717) is 11.8 Å². The minimum absolute atomic E-state index is 0.600. The van der Waals surface area contributed by atoms with Crippen LogP contribution in [0.15, 0.2) is 30.6 Å². The second kappa shape index (κ2) is 6.51. The third-order valence-corrected chi connectivity index (χ3v) is 6.75. The first-order valence-electron chi connectivity index (χ1n) is 10.2. The lowest BCUT2D eigenvalue weighted by molar-refractivity contribution is 0.142. The van der Waals surface area contributed by atoms with Crippen LogP contribution in [0.4, 0.5) is 0 Å². The van der Waals surface area contributed by atoms with E-state index in [1.54, 1.807) is 0 Å². The molecule has 130 valence electrons. The smallest absolute Gasteiger partial charge is 0.0743 e. The predicted molar refractivity (Wildman–Crippen MR) is 99.3 cm³/mol. The summed E-state index contributed by atoms with van der Waals surface area (Å²) >= 11 is 0. The van der Waals surface area contributed by atoms with E-state index >= 15 is 0 Å². The molecule has 3 heteroatoms. The van der Waals surface area contributed by atoms with Gasteiger partial charge in [0.05, 0.1) is 11.4 Å². The lowest BCUT2D eigenvalue weighted by atomic mass is 9.64. The normalized spacial score (nSPS) is 29.2. The minimum Gasteiger partial charge on any atom is -0.265 e. The van der Waals surface area contributed by atoms with Crippen LogP contribution in [0.3, 0.4) is 0 Å². The Balaban J connectivity index is 1.57. The summed E-state index contributed by atoms with van der Waals surface area (Å²) in [4.78, 5) is 4.21. The van der Waals surface area contributed by atoms with E-state index < -0.39 is 0 Å². The van der Waals surface area contributed by atoms with Gasteiger partial charge in [0.15, 0.2) is 0 Å². The van der Waals surface area contributed by atoms with Gasteiger partial charge in [-0.25, -0.2) is 0 Å². The fourth-order valence-corrected chi connectivity index (χ4v) is 5.31. The van der Waals surface area contributed by atoms with Crippen molar-refractivity contribution in [2.75, 3.05) is 0 Å². The fourth-order valence-electron chi connectivity index (χ4n) is 5.31.